The average Bonchev–Trinajstić information content (AvgIpc) is 2.76. The highest BCUT2D eigenvalue weighted by Gasteiger charge is 2.11. The topological polar surface area (TPSA) is 78.9 Å². The standard InChI is InChI=1S/C11H13N3O2/c15-4-2-1-3-10(16)8-5-12-6-9-11(8)14-7-13-9/h5-7,15H,1-4H2,(H,13,14). The summed E-state index contributed by atoms with van der Waals surface area (Å²) in [5.41, 5.74) is 1.99. The van der Waals surface area contributed by atoms with Crippen LogP contribution in [-0.2, 0) is 0 Å². The monoisotopic (exact) mass is 219 g/mol. The number of Topliss-reactive ketones (excluding diaryl/α,β-unsaturated/α-hetero) is 1. The molecule has 0 aliphatic rings. The SMILES string of the molecule is O=C(CCCCO)c1cncc2[nH]cnc12. The molecule has 2 rings (SSSR count). The molecule has 5 heteroatoms. The Morgan fingerprint density at radius 1 is 1.38 bits per heavy atom. The van der Waals surface area contributed by atoms with E-state index in [2.05, 4.69) is 15.0 Å². The molecule has 0 aliphatic carbocycles. The molecule has 2 heterocycles. The number of imidazole rings is 1. The highest BCUT2D eigenvalue weighted by molar-refractivity contribution is 6.05. The third-order valence-electron chi connectivity index (χ3n) is 2.44. The van der Waals surface area contributed by atoms with E-state index in [-0.39, 0.29) is 12.4 Å². The molecule has 0 bridgehead atoms. The summed E-state index contributed by atoms with van der Waals surface area (Å²) in [6.45, 7) is 0.123. The summed E-state index contributed by atoms with van der Waals surface area (Å²) in [5.74, 6) is 0.0265. The van der Waals surface area contributed by atoms with Crippen LogP contribution in [0.15, 0.2) is 18.7 Å². The Labute approximate surface area is 92.5 Å². The van der Waals surface area contributed by atoms with Gasteiger partial charge in [0, 0.05) is 19.2 Å². The second-order valence-corrected chi connectivity index (χ2v) is 3.59. The number of nitrogens with zero attached hydrogens (tertiary/aromatic N) is 2. The molecular weight excluding hydrogens is 206 g/mol. The molecule has 0 amide bonds. The maximum Gasteiger partial charge on any atom is 0.166 e. The smallest absolute Gasteiger partial charge is 0.166 e. The predicted octanol–water partition coefficient (Wildman–Crippen LogP) is 1.30. The van der Waals surface area contributed by atoms with E-state index in [1.54, 1.807) is 18.7 Å². The number of aliphatic hydroxyl groups excluding tert-OH is 1. The normalized spacial score (nSPS) is 10.8. The Hall–Kier alpha value is -1.75. The summed E-state index contributed by atoms with van der Waals surface area (Å²) >= 11 is 0. The fraction of sp³-hybridized carbons (Fsp3) is 0.364. The van der Waals surface area contributed by atoms with E-state index >= 15 is 0 Å². The fourth-order valence-corrected chi connectivity index (χ4v) is 1.60. The number of pyridine rings is 1. The molecule has 5 nitrogen and oxygen atoms in total. The minimum absolute atomic E-state index is 0.0265. The highest BCUT2D eigenvalue weighted by atomic mass is 16.2. The van der Waals surface area contributed by atoms with Crippen LogP contribution in [0.1, 0.15) is 29.6 Å². The summed E-state index contributed by atoms with van der Waals surface area (Å²) in [4.78, 5) is 22.9. The quantitative estimate of drug-likeness (QED) is 0.587. The number of fused-ring (bicyclic) bond motifs is 1. The number of aromatic amines is 1. The van der Waals surface area contributed by atoms with Crippen LogP contribution in [0.2, 0.25) is 0 Å². The molecule has 0 saturated carbocycles. The fourth-order valence-electron chi connectivity index (χ4n) is 1.60. The predicted molar refractivity (Wildman–Crippen MR) is 59.2 cm³/mol. The van der Waals surface area contributed by atoms with Gasteiger partial charge >= 0.3 is 0 Å². The van der Waals surface area contributed by atoms with Crippen molar-refractivity contribution >= 4 is 16.8 Å². The van der Waals surface area contributed by atoms with Crippen LogP contribution in [0.3, 0.4) is 0 Å². The van der Waals surface area contributed by atoms with Gasteiger partial charge in [0.1, 0.15) is 5.52 Å². The molecule has 0 unspecified atom stereocenters. The van der Waals surface area contributed by atoms with E-state index < -0.39 is 0 Å². The molecule has 0 aliphatic heterocycles. The van der Waals surface area contributed by atoms with Crippen LogP contribution in [0, 0.1) is 0 Å². The average molecular weight is 219 g/mol. The number of nitrogens with one attached hydrogen (secondary N) is 1. The highest BCUT2D eigenvalue weighted by Crippen LogP contribution is 2.15. The number of ketones is 1. The van der Waals surface area contributed by atoms with Crippen LogP contribution in [0.4, 0.5) is 0 Å². The van der Waals surface area contributed by atoms with Crippen LogP contribution in [0.25, 0.3) is 11.0 Å². The second kappa shape index (κ2) is 4.85. The molecule has 0 fully saturated rings. The number of aromatic nitrogens is 3. The van der Waals surface area contributed by atoms with Crippen molar-refractivity contribution in [3.8, 4) is 0 Å². The summed E-state index contributed by atoms with van der Waals surface area (Å²) in [7, 11) is 0. The van der Waals surface area contributed by atoms with E-state index in [4.69, 9.17) is 5.11 Å². The Morgan fingerprint density at radius 2 is 2.25 bits per heavy atom. The van der Waals surface area contributed by atoms with E-state index in [9.17, 15) is 4.79 Å². The van der Waals surface area contributed by atoms with Gasteiger partial charge in [0.25, 0.3) is 0 Å². The lowest BCUT2D eigenvalue weighted by molar-refractivity contribution is 0.0978. The zero-order valence-electron chi connectivity index (χ0n) is 8.81. The van der Waals surface area contributed by atoms with Crippen molar-refractivity contribution in [3.05, 3.63) is 24.3 Å². The van der Waals surface area contributed by atoms with Gasteiger partial charge in [-0.15, -0.1) is 0 Å². The molecule has 2 aromatic heterocycles. The minimum Gasteiger partial charge on any atom is -0.396 e. The maximum absolute atomic E-state index is 11.9. The van der Waals surface area contributed by atoms with E-state index in [1.807, 2.05) is 0 Å². The van der Waals surface area contributed by atoms with Crippen LogP contribution in [-0.4, -0.2) is 32.4 Å². The number of carbonyl (C=O) groups is 1. The summed E-state index contributed by atoms with van der Waals surface area (Å²) in [6, 6.07) is 0. The lowest BCUT2D eigenvalue weighted by Gasteiger charge is -2.00. The zero-order chi connectivity index (χ0) is 11.4. The van der Waals surface area contributed by atoms with Gasteiger partial charge in [-0.3, -0.25) is 9.78 Å². The van der Waals surface area contributed by atoms with E-state index in [0.717, 1.165) is 5.52 Å². The first-order valence-corrected chi connectivity index (χ1v) is 5.24. The van der Waals surface area contributed by atoms with Crippen molar-refractivity contribution in [3.63, 3.8) is 0 Å². The van der Waals surface area contributed by atoms with Crippen molar-refractivity contribution in [1.29, 1.82) is 0 Å². The minimum atomic E-state index is 0.0265. The van der Waals surface area contributed by atoms with Crippen LogP contribution in [0.5, 0.6) is 0 Å². The number of hydrogen-bond donors (Lipinski definition) is 2. The number of unbranched alkanes of at least 4 members (excludes halogenated alkanes) is 1. The van der Waals surface area contributed by atoms with Gasteiger partial charge < -0.3 is 10.1 Å². The van der Waals surface area contributed by atoms with Gasteiger partial charge in [0.2, 0.25) is 0 Å². The van der Waals surface area contributed by atoms with Gasteiger partial charge in [-0.2, -0.15) is 0 Å². The van der Waals surface area contributed by atoms with Gasteiger partial charge in [0.05, 0.1) is 23.6 Å². The van der Waals surface area contributed by atoms with Gasteiger partial charge in [-0.1, -0.05) is 0 Å². The van der Waals surface area contributed by atoms with E-state index in [1.165, 1.54) is 0 Å². The Balaban J connectivity index is 2.19. The molecule has 2 N–H and O–H groups in total. The lowest BCUT2D eigenvalue weighted by Crippen LogP contribution is -2.01. The maximum atomic E-state index is 11.9. The first kappa shape index (κ1) is 10.8. The van der Waals surface area contributed by atoms with Crippen molar-refractivity contribution in [2.24, 2.45) is 0 Å². The molecule has 2 aromatic rings. The number of rotatable bonds is 5. The first-order chi connectivity index (χ1) is 7.83. The van der Waals surface area contributed by atoms with Crippen molar-refractivity contribution in [1.82, 2.24) is 15.0 Å². The summed E-state index contributed by atoms with van der Waals surface area (Å²) in [6.07, 6.45) is 6.51. The molecule has 0 saturated heterocycles. The Bertz CT molecular complexity index is 493. The molecule has 16 heavy (non-hydrogen) atoms. The molecule has 0 radical (unpaired) electrons. The zero-order valence-corrected chi connectivity index (χ0v) is 8.81. The third kappa shape index (κ3) is 2.09. The number of H-pyrrole nitrogens is 1. The largest absolute Gasteiger partial charge is 0.396 e. The van der Waals surface area contributed by atoms with Gasteiger partial charge in [-0.05, 0) is 12.8 Å². The van der Waals surface area contributed by atoms with E-state index in [0.29, 0.717) is 30.3 Å². The molecule has 84 valence electrons. The molecular formula is C11H13N3O2. The molecule has 0 aromatic carbocycles. The first-order valence-electron chi connectivity index (χ1n) is 5.24. The number of aliphatic hydroxyl groups is 1. The molecule has 0 atom stereocenters. The summed E-state index contributed by atoms with van der Waals surface area (Å²) in [5, 5.41) is 8.65. The van der Waals surface area contributed by atoms with Gasteiger partial charge in [-0.25, -0.2) is 4.98 Å². The number of hydrogen-bond acceptors (Lipinski definition) is 4. The van der Waals surface area contributed by atoms with Crippen LogP contribution < -0.4 is 0 Å². The second-order valence-electron chi connectivity index (χ2n) is 3.59. The Kier molecular flexibility index (Phi) is 3.26. The van der Waals surface area contributed by atoms with Crippen LogP contribution >= 0.6 is 0 Å². The number of carbonyl (C=O) groups excluding carboxylic acids is 1. The van der Waals surface area contributed by atoms with Gasteiger partial charge in [0.15, 0.2) is 5.78 Å². The molecule has 0 spiro atoms. The Morgan fingerprint density at radius 3 is 3.06 bits per heavy atom. The third-order valence-corrected chi connectivity index (χ3v) is 2.44. The van der Waals surface area contributed by atoms with Crippen molar-refractivity contribution in [2.75, 3.05) is 6.61 Å². The summed E-state index contributed by atoms with van der Waals surface area (Å²) < 4.78 is 0. The van der Waals surface area contributed by atoms with Crippen molar-refractivity contribution < 1.29 is 9.90 Å². The lowest BCUT2D eigenvalue weighted by atomic mass is 10.1. The van der Waals surface area contributed by atoms with Crippen molar-refractivity contribution in [2.45, 2.75) is 19.3 Å².